The standard InChI is InChI=1S/C17H24O3/c1-17(2)10-4-5-14(11-17)12-6-8-13(9-7-12)15(18)16(19)20-3/h6-9,14-15,18H,4-5,10-11H2,1-3H3. The smallest absolute Gasteiger partial charge is 0.339 e. The molecule has 0 radical (unpaired) electrons. The molecule has 0 amide bonds. The fourth-order valence-electron chi connectivity index (χ4n) is 3.18. The molecule has 3 heteroatoms. The molecule has 20 heavy (non-hydrogen) atoms. The average Bonchev–Trinajstić information content (AvgIpc) is 2.45. The number of hydrogen-bond donors (Lipinski definition) is 1. The zero-order valence-electron chi connectivity index (χ0n) is 12.6. The molecule has 1 aromatic rings. The van der Waals surface area contributed by atoms with Gasteiger partial charge in [0.05, 0.1) is 7.11 Å². The van der Waals surface area contributed by atoms with E-state index in [1.54, 1.807) is 0 Å². The van der Waals surface area contributed by atoms with Gasteiger partial charge in [-0.2, -0.15) is 0 Å². The summed E-state index contributed by atoms with van der Waals surface area (Å²) in [7, 11) is 1.28. The van der Waals surface area contributed by atoms with Gasteiger partial charge in [-0.25, -0.2) is 4.79 Å². The molecule has 0 bridgehead atoms. The first-order chi connectivity index (χ1) is 9.43. The number of carbonyl (C=O) groups excluding carboxylic acids is 1. The molecule has 2 unspecified atom stereocenters. The highest BCUT2D eigenvalue weighted by molar-refractivity contribution is 5.76. The van der Waals surface area contributed by atoms with Gasteiger partial charge in [0.25, 0.3) is 0 Å². The number of rotatable bonds is 3. The van der Waals surface area contributed by atoms with Gasteiger partial charge in [-0.1, -0.05) is 44.5 Å². The van der Waals surface area contributed by atoms with Gasteiger partial charge in [0.2, 0.25) is 0 Å². The molecule has 1 fully saturated rings. The second-order valence-electron chi connectivity index (χ2n) is 6.55. The van der Waals surface area contributed by atoms with E-state index in [1.807, 2.05) is 24.3 Å². The van der Waals surface area contributed by atoms with Crippen LogP contribution in [0.2, 0.25) is 0 Å². The van der Waals surface area contributed by atoms with Crippen LogP contribution in [0.3, 0.4) is 0 Å². The molecule has 0 aromatic heterocycles. The maximum atomic E-state index is 11.3. The lowest BCUT2D eigenvalue weighted by Gasteiger charge is -2.35. The first-order valence-corrected chi connectivity index (χ1v) is 7.29. The fraction of sp³-hybridized carbons (Fsp3) is 0.588. The molecule has 0 saturated heterocycles. The third kappa shape index (κ3) is 3.40. The predicted molar refractivity (Wildman–Crippen MR) is 78.4 cm³/mol. The summed E-state index contributed by atoms with van der Waals surface area (Å²) in [4.78, 5) is 11.3. The fourth-order valence-corrected chi connectivity index (χ4v) is 3.18. The van der Waals surface area contributed by atoms with Crippen LogP contribution in [0.15, 0.2) is 24.3 Å². The minimum Gasteiger partial charge on any atom is -0.467 e. The highest BCUT2D eigenvalue weighted by Gasteiger charge is 2.29. The number of hydrogen-bond acceptors (Lipinski definition) is 3. The number of carbonyl (C=O) groups is 1. The summed E-state index contributed by atoms with van der Waals surface area (Å²) in [5.41, 5.74) is 2.31. The van der Waals surface area contributed by atoms with Crippen LogP contribution in [-0.4, -0.2) is 18.2 Å². The molecule has 1 saturated carbocycles. The van der Waals surface area contributed by atoms with E-state index < -0.39 is 12.1 Å². The van der Waals surface area contributed by atoms with Gasteiger partial charge in [0.1, 0.15) is 0 Å². The maximum Gasteiger partial charge on any atom is 0.339 e. The molecule has 0 heterocycles. The SMILES string of the molecule is COC(=O)C(O)c1ccc(C2CCCC(C)(C)C2)cc1. The van der Waals surface area contributed by atoms with E-state index in [-0.39, 0.29) is 0 Å². The van der Waals surface area contributed by atoms with Crippen LogP contribution in [0.1, 0.15) is 62.7 Å². The Morgan fingerprint density at radius 2 is 2.00 bits per heavy atom. The molecule has 1 aliphatic rings. The summed E-state index contributed by atoms with van der Waals surface area (Å²) >= 11 is 0. The molecule has 2 atom stereocenters. The summed E-state index contributed by atoms with van der Waals surface area (Å²) in [6, 6.07) is 7.73. The summed E-state index contributed by atoms with van der Waals surface area (Å²) in [5, 5.41) is 9.80. The van der Waals surface area contributed by atoms with E-state index in [2.05, 4.69) is 18.6 Å². The van der Waals surface area contributed by atoms with Crippen LogP contribution in [0, 0.1) is 5.41 Å². The van der Waals surface area contributed by atoms with E-state index in [4.69, 9.17) is 0 Å². The lowest BCUT2D eigenvalue weighted by molar-refractivity contribution is -0.150. The topological polar surface area (TPSA) is 46.5 Å². The van der Waals surface area contributed by atoms with Gasteiger partial charge in [0.15, 0.2) is 6.10 Å². The van der Waals surface area contributed by atoms with Crippen LogP contribution in [0.5, 0.6) is 0 Å². The summed E-state index contributed by atoms with van der Waals surface area (Å²) < 4.78 is 4.55. The molecule has 3 nitrogen and oxygen atoms in total. The third-order valence-corrected chi connectivity index (χ3v) is 4.35. The number of benzene rings is 1. The van der Waals surface area contributed by atoms with Crippen molar-refractivity contribution in [3.63, 3.8) is 0 Å². The Balaban J connectivity index is 2.10. The Labute approximate surface area is 121 Å². The van der Waals surface area contributed by atoms with E-state index >= 15 is 0 Å². The van der Waals surface area contributed by atoms with Crippen LogP contribution in [0.4, 0.5) is 0 Å². The van der Waals surface area contributed by atoms with E-state index in [9.17, 15) is 9.90 Å². The maximum absolute atomic E-state index is 11.3. The van der Waals surface area contributed by atoms with Crippen LogP contribution in [-0.2, 0) is 9.53 Å². The normalized spacial score (nSPS) is 23.1. The monoisotopic (exact) mass is 276 g/mol. The van der Waals surface area contributed by atoms with Crippen molar-refractivity contribution in [3.8, 4) is 0 Å². The Hall–Kier alpha value is -1.35. The van der Waals surface area contributed by atoms with Gasteiger partial charge in [-0.15, -0.1) is 0 Å². The Morgan fingerprint density at radius 3 is 2.55 bits per heavy atom. The molecular formula is C17H24O3. The first-order valence-electron chi connectivity index (χ1n) is 7.29. The Bertz CT molecular complexity index is 462. The van der Waals surface area contributed by atoms with E-state index in [1.165, 1.54) is 38.4 Å². The molecule has 110 valence electrons. The second kappa shape index (κ2) is 5.96. The van der Waals surface area contributed by atoms with Crippen molar-refractivity contribution in [3.05, 3.63) is 35.4 Å². The van der Waals surface area contributed by atoms with Crippen molar-refractivity contribution in [1.82, 2.24) is 0 Å². The Morgan fingerprint density at radius 1 is 1.35 bits per heavy atom. The molecule has 0 aliphatic heterocycles. The minimum absolute atomic E-state index is 0.410. The highest BCUT2D eigenvalue weighted by Crippen LogP contribution is 2.43. The minimum atomic E-state index is -1.18. The van der Waals surface area contributed by atoms with Crippen LogP contribution >= 0.6 is 0 Å². The molecular weight excluding hydrogens is 252 g/mol. The number of aliphatic hydroxyl groups is 1. The quantitative estimate of drug-likeness (QED) is 0.858. The number of ether oxygens (including phenoxy) is 1. The van der Waals surface area contributed by atoms with Gasteiger partial charge in [-0.05, 0) is 41.7 Å². The molecule has 1 aromatic carbocycles. The van der Waals surface area contributed by atoms with Crippen LogP contribution < -0.4 is 0 Å². The number of aliphatic hydroxyl groups excluding tert-OH is 1. The highest BCUT2D eigenvalue weighted by atomic mass is 16.5. The van der Waals surface area contributed by atoms with E-state index in [0.717, 1.165) is 0 Å². The van der Waals surface area contributed by atoms with Gasteiger partial charge >= 0.3 is 5.97 Å². The van der Waals surface area contributed by atoms with Gasteiger partial charge in [0, 0.05) is 0 Å². The largest absolute Gasteiger partial charge is 0.467 e. The molecule has 0 spiro atoms. The van der Waals surface area contributed by atoms with Crippen molar-refractivity contribution in [2.75, 3.05) is 7.11 Å². The molecule has 1 N–H and O–H groups in total. The zero-order chi connectivity index (χ0) is 14.8. The summed E-state index contributed by atoms with van der Waals surface area (Å²) in [6.07, 6.45) is 3.80. The van der Waals surface area contributed by atoms with Crippen LogP contribution in [0.25, 0.3) is 0 Å². The molecule has 1 aliphatic carbocycles. The van der Waals surface area contributed by atoms with E-state index in [0.29, 0.717) is 16.9 Å². The Kier molecular flexibility index (Phi) is 4.48. The van der Waals surface area contributed by atoms with Gasteiger partial charge in [-0.3, -0.25) is 0 Å². The zero-order valence-corrected chi connectivity index (χ0v) is 12.6. The van der Waals surface area contributed by atoms with Gasteiger partial charge < -0.3 is 9.84 Å². The summed E-state index contributed by atoms with van der Waals surface area (Å²) in [5.74, 6) is -0.0281. The predicted octanol–water partition coefficient (Wildman–Crippen LogP) is 3.58. The average molecular weight is 276 g/mol. The number of esters is 1. The lowest BCUT2D eigenvalue weighted by Crippen LogP contribution is -2.21. The number of methoxy groups -OCH3 is 1. The second-order valence-corrected chi connectivity index (χ2v) is 6.55. The van der Waals surface area contributed by atoms with Crippen molar-refractivity contribution in [2.45, 2.75) is 51.6 Å². The molecule has 2 rings (SSSR count). The third-order valence-electron chi connectivity index (χ3n) is 4.35. The van der Waals surface area contributed by atoms with Crippen molar-refractivity contribution in [1.29, 1.82) is 0 Å². The first kappa shape index (κ1) is 15.0. The van der Waals surface area contributed by atoms with Crippen molar-refractivity contribution >= 4 is 5.97 Å². The van der Waals surface area contributed by atoms with Crippen molar-refractivity contribution in [2.24, 2.45) is 5.41 Å². The van der Waals surface area contributed by atoms with Crippen molar-refractivity contribution < 1.29 is 14.6 Å². The summed E-state index contributed by atoms with van der Waals surface area (Å²) in [6.45, 7) is 4.66. The lowest BCUT2D eigenvalue weighted by atomic mass is 9.70.